The fourth-order valence-electron chi connectivity index (χ4n) is 1.69. The summed E-state index contributed by atoms with van der Waals surface area (Å²) >= 11 is 0. The zero-order valence-corrected chi connectivity index (χ0v) is 10.7. The largest absolute Gasteiger partial charge is 0.466 e. The maximum absolute atomic E-state index is 12.2. The van der Waals surface area contributed by atoms with Crippen molar-refractivity contribution in [2.75, 3.05) is 6.61 Å². The lowest BCUT2D eigenvalue weighted by Gasteiger charge is -2.12. The summed E-state index contributed by atoms with van der Waals surface area (Å²) in [5, 5.41) is 18.2. The standard InChI is InChI=1S/C13H13F2NO4/c1-2-19-12(18)5-8-3-10(20-13(14)15)4-9(6-16)11(8)7-17/h3-4,13,17H,2,5,7H2,1H3. The molecule has 1 aromatic carbocycles. The van der Waals surface area contributed by atoms with Crippen LogP contribution in [0.5, 0.6) is 5.75 Å². The molecule has 5 nitrogen and oxygen atoms in total. The van der Waals surface area contributed by atoms with Gasteiger partial charge in [-0.3, -0.25) is 4.79 Å². The lowest BCUT2D eigenvalue weighted by Crippen LogP contribution is -2.11. The average molecular weight is 285 g/mol. The molecule has 0 saturated carbocycles. The molecule has 20 heavy (non-hydrogen) atoms. The first kappa shape index (κ1) is 15.9. The van der Waals surface area contributed by atoms with Crippen molar-refractivity contribution in [3.8, 4) is 11.8 Å². The van der Waals surface area contributed by atoms with Gasteiger partial charge in [0.25, 0.3) is 0 Å². The van der Waals surface area contributed by atoms with E-state index in [1.54, 1.807) is 13.0 Å². The molecule has 0 aliphatic rings. The van der Waals surface area contributed by atoms with Crippen molar-refractivity contribution in [2.24, 2.45) is 0 Å². The number of rotatable bonds is 6. The molecule has 0 radical (unpaired) electrons. The highest BCUT2D eigenvalue weighted by atomic mass is 19.3. The summed E-state index contributed by atoms with van der Waals surface area (Å²) in [6.45, 7) is -1.74. The lowest BCUT2D eigenvalue weighted by atomic mass is 9.99. The molecule has 0 amide bonds. The highest BCUT2D eigenvalue weighted by Crippen LogP contribution is 2.24. The first-order valence-electron chi connectivity index (χ1n) is 5.79. The van der Waals surface area contributed by atoms with Crippen LogP contribution in [-0.4, -0.2) is 24.3 Å². The number of hydrogen-bond acceptors (Lipinski definition) is 5. The van der Waals surface area contributed by atoms with Gasteiger partial charge in [0.1, 0.15) is 5.75 Å². The Bertz CT molecular complexity index is 526. The molecule has 0 aromatic heterocycles. The first-order valence-corrected chi connectivity index (χ1v) is 5.79. The van der Waals surface area contributed by atoms with Crippen molar-refractivity contribution >= 4 is 5.97 Å². The Hall–Kier alpha value is -2.20. The fraction of sp³-hybridized carbons (Fsp3) is 0.385. The monoisotopic (exact) mass is 285 g/mol. The molecule has 7 heteroatoms. The number of aliphatic hydroxyl groups is 1. The van der Waals surface area contributed by atoms with E-state index >= 15 is 0 Å². The number of benzene rings is 1. The van der Waals surface area contributed by atoms with Gasteiger partial charge >= 0.3 is 12.6 Å². The van der Waals surface area contributed by atoms with E-state index < -0.39 is 19.2 Å². The van der Waals surface area contributed by atoms with Crippen LogP contribution in [0.15, 0.2) is 12.1 Å². The van der Waals surface area contributed by atoms with Gasteiger partial charge in [-0.25, -0.2) is 0 Å². The summed E-state index contributed by atoms with van der Waals surface area (Å²) in [5.74, 6) is -0.826. The van der Waals surface area contributed by atoms with Crippen molar-refractivity contribution in [1.29, 1.82) is 5.26 Å². The van der Waals surface area contributed by atoms with Crippen molar-refractivity contribution in [3.05, 3.63) is 28.8 Å². The van der Waals surface area contributed by atoms with Crippen LogP contribution in [0.1, 0.15) is 23.6 Å². The van der Waals surface area contributed by atoms with E-state index in [4.69, 9.17) is 10.00 Å². The summed E-state index contributed by atoms with van der Waals surface area (Å²) in [6, 6.07) is 4.05. The first-order chi connectivity index (χ1) is 9.51. The van der Waals surface area contributed by atoms with E-state index in [1.165, 1.54) is 6.07 Å². The number of nitriles is 1. The summed E-state index contributed by atoms with van der Waals surface area (Å²) in [5.41, 5.74) is 0.396. The second-order valence-corrected chi connectivity index (χ2v) is 3.74. The number of hydrogen-bond donors (Lipinski definition) is 1. The van der Waals surface area contributed by atoms with Crippen LogP contribution >= 0.6 is 0 Å². The highest BCUT2D eigenvalue weighted by Gasteiger charge is 2.16. The minimum absolute atomic E-state index is 0.0232. The van der Waals surface area contributed by atoms with Gasteiger partial charge in [-0.2, -0.15) is 14.0 Å². The van der Waals surface area contributed by atoms with E-state index in [0.29, 0.717) is 0 Å². The summed E-state index contributed by atoms with van der Waals surface area (Å²) in [4.78, 5) is 11.4. The normalized spacial score (nSPS) is 10.2. The molecule has 0 fully saturated rings. The number of nitrogens with zero attached hydrogens (tertiary/aromatic N) is 1. The molecule has 0 aliphatic heterocycles. The minimum Gasteiger partial charge on any atom is -0.466 e. The Labute approximate surface area is 114 Å². The molecular formula is C13H13F2NO4. The van der Waals surface area contributed by atoms with Crippen LogP contribution in [0.4, 0.5) is 8.78 Å². The molecule has 0 atom stereocenters. The quantitative estimate of drug-likeness (QED) is 0.806. The van der Waals surface area contributed by atoms with Crippen molar-refractivity contribution < 1.29 is 28.2 Å². The molecule has 0 heterocycles. The van der Waals surface area contributed by atoms with E-state index in [0.717, 1.165) is 6.07 Å². The van der Waals surface area contributed by atoms with Crippen LogP contribution in [0.3, 0.4) is 0 Å². The summed E-state index contributed by atoms with van der Waals surface area (Å²) in [7, 11) is 0. The van der Waals surface area contributed by atoms with Gasteiger partial charge < -0.3 is 14.6 Å². The number of carbonyl (C=O) groups excluding carboxylic acids is 1. The van der Waals surface area contributed by atoms with Gasteiger partial charge in [-0.15, -0.1) is 0 Å². The van der Waals surface area contributed by atoms with Crippen LogP contribution in [-0.2, 0) is 22.6 Å². The van der Waals surface area contributed by atoms with E-state index in [2.05, 4.69) is 4.74 Å². The predicted octanol–water partition coefficient (Wildman–Crippen LogP) is 1.76. The number of ether oxygens (including phenoxy) is 2. The third-order valence-electron chi connectivity index (χ3n) is 2.46. The third kappa shape index (κ3) is 4.17. The minimum atomic E-state index is -3.04. The molecule has 0 unspecified atom stereocenters. The smallest absolute Gasteiger partial charge is 0.387 e. The van der Waals surface area contributed by atoms with E-state index in [9.17, 15) is 18.7 Å². The Morgan fingerprint density at radius 3 is 2.70 bits per heavy atom. The molecule has 0 aliphatic carbocycles. The maximum atomic E-state index is 12.2. The van der Waals surface area contributed by atoms with Gasteiger partial charge in [0.15, 0.2) is 0 Å². The van der Waals surface area contributed by atoms with E-state index in [-0.39, 0.29) is 35.5 Å². The topological polar surface area (TPSA) is 79.5 Å². The number of esters is 1. The van der Waals surface area contributed by atoms with Crippen LogP contribution in [0.25, 0.3) is 0 Å². The number of aliphatic hydroxyl groups excluding tert-OH is 1. The zero-order valence-electron chi connectivity index (χ0n) is 10.7. The van der Waals surface area contributed by atoms with Crippen LogP contribution in [0, 0.1) is 11.3 Å². The maximum Gasteiger partial charge on any atom is 0.387 e. The molecule has 108 valence electrons. The molecule has 1 rings (SSSR count). The molecule has 0 bridgehead atoms. The third-order valence-corrected chi connectivity index (χ3v) is 2.46. The Kier molecular flexibility index (Phi) is 5.87. The van der Waals surface area contributed by atoms with Crippen molar-refractivity contribution in [2.45, 2.75) is 26.6 Å². The molecule has 0 saturated heterocycles. The second-order valence-electron chi connectivity index (χ2n) is 3.74. The SMILES string of the molecule is CCOC(=O)Cc1cc(OC(F)F)cc(C#N)c1CO. The number of halogens is 2. The molecule has 0 spiro atoms. The molecule has 1 N–H and O–H groups in total. The van der Waals surface area contributed by atoms with Crippen molar-refractivity contribution in [3.63, 3.8) is 0 Å². The number of carbonyl (C=O) groups is 1. The predicted molar refractivity (Wildman–Crippen MR) is 64.0 cm³/mol. The Balaban J connectivity index is 3.17. The summed E-state index contributed by atoms with van der Waals surface area (Å²) in [6.07, 6.45) is -0.237. The average Bonchev–Trinajstić information content (AvgIpc) is 2.37. The fourth-order valence-corrected chi connectivity index (χ4v) is 1.69. The van der Waals surface area contributed by atoms with Crippen LogP contribution in [0.2, 0.25) is 0 Å². The van der Waals surface area contributed by atoms with E-state index in [1.807, 2.05) is 0 Å². The molecule has 1 aromatic rings. The van der Waals surface area contributed by atoms with Crippen molar-refractivity contribution in [1.82, 2.24) is 0 Å². The summed E-state index contributed by atoms with van der Waals surface area (Å²) < 4.78 is 33.4. The highest BCUT2D eigenvalue weighted by molar-refractivity contribution is 5.73. The van der Waals surface area contributed by atoms with Gasteiger partial charge in [0.2, 0.25) is 0 Å². The second kappa shape index (κ2) is 7.40. The number of alkyl halides is 2. The van der Waals surface area contributed by atoms with Crippen LogP contribution < -0.4 is 4.74 Å². The Morgan fingerprint density at radius 1 is 1.50 bits per heavy atom. The zero-order chi connectivity index (χ0) is 15.1. The van der Waals surface area contributed by atoms with Gasteiger partial charge in [0, 0.05) is 0 Å². The lowest BCUT2D eigenvalue weighted by molar-refractivity contribution is -0.142. The van der Waals surface area contributed by atoms with Gasteiger partial charge in [0.05, 0.1) is 31.3 Å². The Morgan fingerprint density at radius 2 is 2.20 bits per heavy atom. The molecular weight excluding hydrogens is 272 g/mol. The van der Waals surface area contributed by atoms with Gasteiger partial charge in [-0.1, -0.05) is 0 Å². The van der Waals surface area contributed by atoms with Gasteiger partial charge in [-0.05, 0) is 30.2 Å².